The Balaban J connectivity index is 1.99. The first-order valence-electron chi connectivity index (χ1n) is 8.20. The summed E-state index contributed by atoms with van der Waals surface area (Å²) in [5, 5.41) is 3.22. The second-order valence-corrected chi connectivity index (χ2v) is 8.28. The molecule has 1 unspecified atom stereocenters. The fourth-order valence-electron chi connectivity index (χ4n) is 2.98. The monoisotopic (exact) mass is 354 g/mol. The maximum atomic E-state index is 12.5. The second-order valence-electron chi connectivity index (χ2n) is 6.25. The van der Waals surface area contributed by atoms with E-state index < -0.39 is 15.8 Å². The third kappa shape index (κ3) is 4.48. The molecule has 1 aromatic rings. The molecule has 1 N–H and O–H groups in total. The number of amides is 1. The molecule has 24 heavy (non-hydrogen) atoms. The number of piperidine rings is 1. The van der Waals surface area contributed by atoms with Crippen LogP contribution < -0.4 is 10.1 Å². The first-order valence-corrected chi connectivity index (χ1v) is 9.85. The molecule has 1 aliphatic rings. The molecule has 1 heterocycles. The molecule has 0 radical (unpaired) electrons. The molecule has 0 bridgehead atoms. The summed E-state index contributed by atoms with van der Waals surface area (Å²) < 4.78 is 30.1. The fourth-order valence-corrected chi connectivity index (χ4v) is 4.52. The van der Waals surface area contributed by atoms with Crippen molar-refractivity contribution >= 4 is 15.7 Å². The van der Waals surface area contributed by atoms with Crippen molar-refractivity contribution < 1.29 is 17.9 Å². The van der Waals surface area contributed by atoms with Gasteiger partial charge < -0.3 is 15.0 Å². The van der Waals surface area contributed by atoms with Crippen LogP contribution in [0.3, 0.4) is 0 Å². The Hall–Kier alpha value is -1.60. The maximum Gasteiger partial charge on any atom is 0.226 e. The smallest absolute Gasteiger partial charge is 0.226 e. The van der Waals surface area contributed by atoms with E-state index in [4.69, 9.17) is 4.74 Å². The van der Waals surface area contributed by atoms with Gasteiger partial charge in [0.2, 0.25) is 5.91 Å². The number of carbonyl (C=O) groups is 1. The molecule has 7 heteroatoms. The summed E-state index contributed by atoms with van der Waals surface area (Å²) in [5.41, 5.74) is 0. The van der Waals surface area contributed by atoms with Crippen LogP contribution in [0.2, 0.25) is 0 Å². The summed E-state index contributed by atoms with van der Waals surface area (Å²) in [4.78, 5) is 14.5. The summed E-state index contributed by atoms with van der Waals surface area (Å²) in [6.07, 6.45) is 1.81. The lowest BCUT2D eigenvalue weighted by Crippen LogP contribution is -2.46. The average molecular weight is 354 g/mol. The molecule has 0 aliphatic carbocycles. The lowest BCUT2D eigenvalue weighted by Gasteiger charge is -2.33. The van der Waals surface area contributed by atoms with Gasteiger partial charge in [0, 0.05) is 25.0 Å². The molecule has 0 saturated carbocycles. The van der Waals surface area contributed by atoms with Gasteiger partial charge in [-0.1, -0.05) is 6.92 Å². The predicted molar refractivity (Wildman–Crippen MR) is 92.9 cm³/mol. The van der Waals surface area contributed by atoms with Gasteiger partial charge in [0.15, 0.2) is 9.84 Å². The second kappa shape index (κ2) is 7.98. The van der Waals surface area contributed by atoms with Gasteiger partial charge in [0.1, 0.15) is 5.75 Å². The van der Waals surface area contributed by atoms with Crippen LogP contribution >= 0.6 is 0 Å². The van der Waals surface area contributed by atoms with Crippen molar-refractivity contribution in [1.82, 2.24) is 10.2 Å². The van der Waals surface area contributed by atoms with Crippen LogP contribution in [-0.4, -0.2) is 58.3 Å². The van der Waals surface area contributed by atoms with Crippen LogP contribution in [-0.2, 0) is 14.6 Å². The van der Waals surface area contributed by atoms with Gasteiger partial charge in [-0.3, -0.25) is 4.79 Å². The standard InChI is InChI=1S/C17H26N2O4S/c1-13(17(20)19-10-8-14(18-2)9-11-19)12-24(21,22)16-6-4-15(23-3)5-7-16/h4-7,13-14,18H,8-12H2,1-3H3. The number of nitrogens with one attached hydrogen (secondary N) is 1. The first kappa shape index (κ1) is 18.7. The largest absolute Gasteiger partial charge is 0.497 e. The van der Waals surface area contributed by atoms with Crippen LogP contribution in [0.4, 0.5) is 0 Å². The highest BCUT2D eigenvalue weighted by molar-refractivity contribution is 7.91. The summed E-state index contributed by atoms with van der Waals surface area (Å²) >= 11 is 0. The highest BCUT2D eigenvalue weighted by Gasteiger charge is 2.29. The Morgan fingerprint density at radius 2 is 1.88 bits per heavy atom. The Morgan fingerprint density at radius 1 is 1.29 bits per heavy atom. The quantitative estimate of drug-likeness (QED) is 0.834. The van der Waals surface area contributed by atoms with Crippen molar-refractivity contribution in [3.8, 4) is 5.75 Å². The zero-order valence-corrected chi connectivity index (χ0v) is 15.3. The van der Waals surface area contributed by atoms with E-state index in [1.165, 1.54) is 19.2 Å². The maximum absolute atomic E-state index is 12.5. The first-order chi connectivity index (χ1) is 11.4. The predicted octanol–water partition coefficient (Wildman–Crippen LogP) is 1.32. The molecule has 1 saturated heterocycles. The number of benzene rings is 1. The Morgan fingerprint density at radius 3 is 2.38 bits per heavy atom. The molecule has 1 amide bonds. The van der Waals surface area contributed by atoms with Gasteiger partial charge in [0.05, 0.1) is 17.8 Å². The number of nitrogens with zero attached hydrogens (tertiary/aromatic N) is 1. The zero-order chi connectivity index (χ0) is 17.7. The van der Waals surface area contributed by atoms with Gasteiger partial charge >= 0.3 is 0 Å². The Kier molecular flexibility index (Phi) is 6.23. The number of hydrogen-bond donors (Lipinski definition) is 1. The van der Waals surface area contributed by atoms with Crippen molar-refractivity contribution in [2.45, 2.75) is 30.7 Å². The normalized spacial score (nSPS) is 17.5. The SMILES string of the molecule is CNC1CCN(C(=O)C(C)CS(=O)(=O)c2ccc(OC)cc2)CC1. The molecular formula is C17H26N2O4S. The summed E-state index contributed by atoms with van der Waals surface area (Å²) in [6, 6.07) is 6.70. The number of rotatable bonds is 6. The molecule has 2 rings (SSSR count). The van der Waals surface area contributed by atoms with E-state index in [2.05, 4.69) is 5.32 Å². The zero-order valence-electron chi connectivity index (χ0n) is 14.5. The van der Waals surface area contributed by atoms with Crippen LogP contribution in [0.1, 0.15) is 19.8 Å². The average Bonchev–Trinajstić information content (AvgIpc) is 2.60. The third-order valence-corrected chi connectivity index (χ3v) is 6.45. The van der Waals surface area contributed by atoms with Gasteiger partial charge in [-0.25, -0.2) is 8.42 Å². The van der Waals surface area contributed by atoms with Crippen molar-refractivity contribution in [1.29, 1.82) is 0 Å². The van der Waals surface area contributed by atoms with Gasteiger partial charge in [-0.2, -0.15) is 0 Å². The summed E-state index contributed by atoms with van der Waals surface area (Å²) in [7, 11) is -0.0469. The third-order valence-electron chi connectivity index (χ3n) is 4.52. The lowest BCUT2D eigenvalue weighted by molar-refractivity contribution is -0.135. The highest BCUT2D eigenvalue weighted by Crippen LogP contribution is 2.20. The number of hydrogen-bond acceptors (Lipinski definition) is 5. The van der Waals surface area contributed by atoms with E-state index in [1.807, 2.05) is 7.05 Å². The van der Waals surface area contributed by atoms with Crippen molar-refractivity contribution in [2.75, 3.05) is 33.0 Å². The van der Waals surface area contributed by atoms with Crippen LogP contribution in [0.15, 0.2) is 29.2 Å². The molecule has 0 spiro atoms. The van der Waals surface area contributed by atoms with Crippen molar-refractivity contribution in [3.05, 3.63) is 24.3 Å². The van der Waals surface area contributed by atoms with Gasteiger partial charge in [-0.05, 0) is 44.2 Å². The number of sulfone groups is 1. The van der Waals surface area contributed by atoms with Crippen LogP contribution in [0.25, 0.3) is 0 Å². The highest BCUT2D eigenvalue weighted by atomic mass is 32.2. The minimum absolute atomic E-state index is 0.0818. The topological polar surface area (TPSA) is 75.7 Å². The molecule has 134 valence electrons. The molecule has 1 aliphatic heterocycles. The van der Waals surface area contributed by atoms with E-state index in [0.29, 0.717) is 24.9 Å². The van der Waals surface area contributed by atoms with E-state index in [0.717, 1.165) is 12.8 Å². The van der Waals surface area contributed by atoms with Gasteiger partial charge in [-0.15, -0.1) is 0 Å². The lowest BCUT2D eigenvalue weighted by atomic mass is 10.0. The number of carbonyl (C=O) groups excluding carboxylic acids is 1. The van der Waals surface area contributed by atoms with Crippen molar-refractivity contribution in [2.24, 2.45) is 5.92 Å². The Bertz CT molecular complexity index is 650. The Labute approximate surface area is 144 Å². The summed E-state index contributed by atoms with van der Waals surface area (Å²) in [5.74, 6) is -0.209. The minimum Gasteiger partial charge on any atom is -0.497 e. The number of methoxy groups -OCH3 is 1. The molecule has 0 aromatic heterocycles. The molecule has 1 fully saturated rings. The van der Waals surface area contributed by atoms with E-state index in [1.54, 1.807) is 24.0 Å². The summed E-state index contributed by atoms with van der Waals surface area (Å²) in [6.45, 7) is 3.04. The number of likely N-dealkylation sites (tertiary alicyclic amines) is 1. The van der Waals surface area contributed by atoms with E-state index in [-0.39, 0.29) is 16.6 Å². The number of ether oxygens (including phenoxy) is 1. The molecule has 1 aromatic carbocycles. The molecule has 6 nitrogen and oxygen atoms in total. The molecular weight excluding hydrogens is 328 g/mol. The molecule has 1 atom stereocenters. The van der Waals surface area contributed by atoms with E-state index >= 15 is 0 Å². The van der Waals surface area contributed by atoms with Crippen LogP contribution in [0, 0.1) is 5.92 Å². The van der Waals surface area contributed by atoms with Crippen LogP contribution in [0.5, 0.6) is 5.75 Å². The van der Waals surface area contributed by atoms with E-state index in [9.17, 15) is 13.2 Å². The minimum atomic E-state index is -3.50. The fraction of sp³-hybridized carbons (Fsp3) is 0.588. The van der Waals surface area contributed by atoms with Crippen molar-refractivity contribution in [3.63, 3.8) is 0 Å². The van der Waals surface area contributed by atoms with Gasteiger partial charge in [0.25, 0.3) is 0 Å².